The Morgan fingerprint density at radius 2 is 1.76 bits per heavy atom. The number of anilines is 1. The number of amidine groups is 1. The number of hydrogen-bond acceptors (Lipinski definition) is 6. The van der Waals surface area contributed by atoms with Crippen LogP contribution in [-0.4, -0.2) is 36.8 Å². The molecule has 6 nitrogen and oxygen atoms in total. The van der Waals surface area contributed by atoms with E-state index < -0.39 is 0 Å². The fourth-order valence-corrected chi connectivity index (χ4v) is 4.41. The van der Waals surface area contributed by atoms with E-state index in [1.807, 2.05) is 42.5 Å². The van der Waals surface area contributed by atoms with E-state index in [0.29, 0.717) is 32.9 Å². The number of methoxy groups -OCH3 is 2. The molecule has 8 heteroatoms. The number of amides is 1. The van der Waals surface area contributed by atoms with Crippen molar-refractivity contribution in [2.75, 3.05) is 24.9 Å². The van der Waals surface area contributed by atoms with E-state index in [1.165, 1.54) is 23.8 Å². The van der Waals surface area contributed by atoms with Gasteiger partial charge in [0.2, 0.25) is 0 Å². The van der Waals surface area contributed by atoms with Crippen molar-refractivity contribution in [3.05, 3.63) is 94.6 Å². The van der Waals surface area contributed by atoms with Crippen molar-refractivity contribution in [2.24, 2.45) is 4.99 Å². The highest BCUT2D eigenvalue weighted by Gasteiger charge is 2.33. The van der Waals surface area contributed by atoms with Gasteiger partial charge in [0.15, 0.2) is 11.0 Å². The molecule has 0 aromatic heterocycles. The molecule has 0 atom stereocenters. The molecule has 4 rings (SSSR count). The molecule has 34 heavy (non-hydrogen) atoms. The average molecular weight is 493 g/mol. The molecule has 1 aliphatic heterocycles. The topological polar surface area (TPSA) is 68.2 Å². The summed E-state index contributed by atoms with van der Waals surface area (Å²) in [5.74, 6) is 0.919. The Balaban J connectivity index is 1.66. The molecule has 0 fully saturated rings. The summed E-state index contributed by atoms with van der Waals surface area (Å²) in [6, 6.07) is 21.4. The molecule has 0 saturated heterocycles. The van der Waals surface area contributed by atoms with Crippen LogP contribution in [0.4, 0.5) is 5.69 Å². The minimum Gasteiger partial charge on any atom is -0.497 e. The third kappa shape index (κ3) is 5.16. The van der Waals surface area contributed by atoms with Crippen molar-refractivity contribution in [2.45, 2.75) is 0 Å². The molecular weight excluding hydrogens is 472 g/mol. The predicted molar refractivity (Wildman–Crippen MR) is 137 cm³/mol. The van der Waals surface area contributed by atoms with Crippen molar-refractivity contribution in [3.8, 4) is 11.5 Å². The van der Waals surface area contributed by atoms with Gasteiger partial charge in [-0.1, -0.05) is 65.8 Å². The maximum Gasteiger partial charge on any atom is 0.283 e. The van der Waals surface area contributed by atoms with E-state index in [-0.39, 0.29) is 23.1 Å². The molecule has 0 N–H and O–H groups in total. The molecule has 3 aromatic carbocycles. The molecule has 0 bridgehead atoms. The zero-order chi connectivity index (χ0) is 24.1. The smallest absolute Gasteiger partial charge is 0.283 e. The van der Waals surface area contributed by atoms with Gasteiger partial charge in [0.25, 0.3) is 5.91 Å². The van der Waals surface area contributed by atoms with Crippen LogP contribution in [0.1, 0.15) is 15.9 Å². The lowest BCUT2D eigenvalue weighted by molar-refractivity contribution is -0.113. The second-order valence-corrected chi connectivity index (χ2v) is 8.58. The van der Waals surface area contributed by atoms with Crippen LogP contribution in [0.3, 0.4) is 0 Å². The first-order valence-corrected chi connectivity index (χ1v) is 11.7. The normalized spacial score (nSPS) is 14.3. The second kappa shape index (κ2) is 10.6. The number of thioether (sulfide) groups is 1. The number of hydrogen-bond donors (Lipinski definition) is 0. The highest BCUT2D eigenvalue weighted by molar-refractivity contribution is 8.14. The largest absolute Gasteiger partial charge is 0.497 e. The molecule has 172 valence electrons. The highest BCUT2D eigenvalue weighted by atomic mass is 35.5. The van der Waals surface area contributed by atoms with Gasteiger partial charge in [-0.15, -0.1) is 0 Å². The number of benzene rings is 3. The first-order chi connectivity index (χ1) is 16.5. The first kappa shape index (κ1) is 23.6. The van der Waals surface area contributed by atoms with Gasteiger partial charge in [-0.25, -0.2) is 4.99 Å². The van der Waals surface area contributed by atoms with Crippen molar-refractivity contribution < 1.29 is 19.1 Å². The van der Waals surface area contributed by atoms with Crippen molar-refractivity contribution in [1.29, 1.82) is 0 Å². The van der Waals surface area contributed by atoms with Crippen LogP contribution in [0, 0.1) is 0 Å². The average Bonchev–Trinajstić information content (AvgIpc) is 3.18. The number of halogens is 1. The first-order valence-electron chi connectivity index (χ1n) is 10.3. The Labute approximate surface area is 206 Å². The maximum absolute atomic E-state index is 13.4. The van der Waals surface area contributed by atoms with E-state index in [0.717, 1.165) is 5.56 Å². The fraction of sp³-hybridized carbons (Fsp3) is 0.115. The fourth-order valence-electron chi connectivity index (χ4n) is 3.30. The number of ether oxygens (including phenoxy) is 2. The summed E-state index contributed by atoms with van der Waals surface area (Å²) in [6.45, 7) is 0. The number of nitrogens with zero attached hydrogens (tertiary/aromatic N) is 2. The molecule has 3 aromatic rings. The Morgan fingerprint density at radius 1 is 1.03 bits per heavy atom. The number of rotatable bonds is 7. The molecular formula is C26H21ClN2O4S. The summed E-state index contributed by atoms with van der Waals surface area (Å²) >= 11 is 7.38. The summed E-state index contributed by atoms with van der Waals surface area (Å²) < 4.78 is 10.5. The molecule has 0 saturated carbocycles. The zero-order valence-corrected chi connectivity index (χ0v) is 20.1. The summed E-state index contributed by atoms with van der Waals surface area (Å²) in [5, 5.41) is 0.829. The number of Topliss-reactive ketones (excluding diaryl/α,β-unsaturated/α-hetero) is 1. The van der Waals surface area contributed by atoms with Gasteiger partial charge in [0.1, 0.15) is 17.2 Å². The van der Waals surface area contributed by atoms with Gasteiger partial charge in [-0.3, -0.25) is 14.5 Å². The lowest BCUT2D eigenvalue weighted by atomic mass is 10.2. The molecule has 1 heterocycles. The molecule has 0 unspecified atom stereocenters. The van der Waals surface area contributed by atoms with Crippen LogP contribution in [0.2, 0.25) is 5.02 Å². The minimum atomic E-state index is -0.310. The van der Waals surface area contributed by atoms with Crippen molar-refractivity contribution in [3.63, 3.8) is 0 Å². The van der Waals surface area contributed by atoms with Crippen LogP contribution < -0.4 is 14.4 Å². The Morgan fingerprint density at radius 3 is 2.44 bits per heavy atom. The predicted octanol–water partition coefficient (Wildman–Crippen LogP) is 5.72. The van der Waals surface area contributed by atoms with Crippen molar-refractivity contribution >= 4 is 52.0 Å². The van der Waals surface area contributed by atoms with Crippen LogP contribution >= 0.6 is 23.4 Å². The molecule has 1 aliphatic rings. The van der Waals surface area contributed by atoms with Gasteiger partial charge in [-0.05, 0) is 35.9 Å². The Hall–Kier alpha value is -3.55. The Kier molecular flexibility index (Phi) is 7.35. The summed E-state index contributed by atoms with van der Waals surface area (Å²) in [4.78, 5) is 32.1. The minimum absolute atomic E-state index is 0.0537. The number of aliphatic imine (C=N–C) groups is 1. The third-order valence-electron chi connectivity index (χ3n) is 5.07. The van der Waals surface area contributed by atoms with Gasteiger partial charge in [-0.2, -0.15) is 0 Å². The quantitative estimate of drug-likeness (QED) is 0.312. The molecule has 0 spiro atoms. The SMILES string of the molecule is COc1ccc(/C=C2\N=C(SCC(=O)c3ccccc3)N(c3ccc(Cl)c(OC)c3)C2=O)cc1. The third-order valence-corrected chi connectivity index (χ3v) is 6.32. The van der Waals surface area contributed by atoms with Crippen LogP contribution in [-0.2, 0) is 4.79 Å². The molecule has 1 amide bonds. The zero-order valence-electron chi connectivity index (χ0n) is 18.5. The van der Waals surface area contributed by atoms with Crippen LogP contribution in [0.5, 0.6) is 11.5 Å². The van der Waals surface area contributed by atoms with E-state index in [1.54, 1.807) is 43.5 Å². The molecule has 0 aliphatic carbocycles. The highest BCUT2D eigenvalue weighted by Crippen LogP contribution is 2.34. The number of carbonyl (C=O) groups excluding carboxylic acids is 2. The number of ketones is 1. The Bertz CT molecular complexity index is 1270. The second-order valence-electron chi connectivity index (χ2n) is 7.23. The summed E-state index contributed by atoms with van der Waals surface area (Å²) in [5.41, 5.74) is 2.21. The van der Waals surface area contributed by atoms with E-state index >= 15 is 0 Å². The van der Waals surface area contributed by atoms with Crippen molar-refractivity contribution in [1.82, 2.24) is 0 Å². The summed E-state index contributed by atoms with van der Waals surface area (Å²) in [6.07, 6.45) is 1.70. The maximum atomic E-state index is 13.4. The van der Waals surface area contributed by atoms with Gasteiger partial charge in [0, 0.05) is 11.6 Å². The monoisotopic (exact) mass is 492 g/mol. The lowest BCUT2D eigenvalue weighted by Gasteiger charge is -2.18. The number of carbonyl (C=O) groups is 2. The molecule has 0 radical (unpaired) electrons. The van der Waals surface area contributed by atoms with Gasteiger partial charge >= 0.3 is 0 Å². The van der Waals surface area contributed by atoms with E-state index in [4.69, 9.17) is 21.1 Å². The van der Waals surface area contributed by atoms with E-state index in [9.17, 15) is 9.59 Å². The lowest BCUT2D eigenvalue weighted by Crippen LogP contribution is -2.30. The van der Waals surface area contributed by atoms with E-state index in [2.05, 4.69) is 4.99 Å². The van der Waals surface area contributed by atoms with Crippen LogP contribution in [0.15, 0.2) is 83.5 Å². The summed E-state index contributed by atoms with van der Waals surface area (Å²) in [7, 11) is 3.10. The standard InChI is InChI=1S/C26H21ClN2O4S/c1-32-20-11-8-17(9-12-20)14-22-25(31)29(19-10-13-21(27)24(15-19)33-2)26(28-22)34-16-23(30)18-6-4-3-5-7-18/h3-15H,16H2,1-2H3/b22-14-. The van der Waals surface area contributed by atoms with Gasteiger partial charge < -0.3 is 9.47 Å². The van der Waals surface area contributed by atoms with Crippen LogP contribution in [0.25, 0.3) is 6.08 Å². The van der Waals surface area contributed by atoms with Gasteiger partial charge in [0.05, 0.1) is 30.7 Å².